The summed E-state index contributed by atoms with van der Waals surface area (Å²) in [6, 6.07) is 3.62. The monoisotopic (exact) mass is 494 g/mol. The first-order valence-electron chi connectivity index (χ1n) is 11.7. The molecule has 11 heteroatoms. The lowest BCUT2D eigenvalue weighted by Gasteiger charge is -2.10. The Labute approximate surface area is 200 Å². The largest absolute Gasteiger partial charge is 0.416 e. The van der Waals surface area contributed by atoms with Crippen molar-refractivity contribution in [3.8, 4) is 0 Å². The highest BCUT2D eigenvalue weighted by Crippen LogP contribution is 2.33. The molecule has 4 rings (SSSR count). The van der Waals surface area contributed by atoms with Crippen LogP contribution in [-0.2, 0) is 36.9 Å². The van der Waals surface area contributed by atoms with Gasteiger partial charge in [0.25, 0.3) is 0 Å². The number of carbonyl (C=O) groups excluding carboxylic acids is 1. The fraction of sp³-hybridized carbons (Fsp3) is 0.565. The van der Waals surface area contributed by atoms with Gasteiger partial charge in [-0.1, -0.05) is 31.5 Å². The van der Waals surface area contributed by atoms with E-state index in [2.05, 4.69) is 32.0 Å². The predicted molar refractivity (Wildman–Crippen MR) is 125 cm³/mol. The minimum absolute atomic E-state index is 0.138. The Morgan fingerprint density at radius 2 is 2.06 bits per heavy atom. The number of fused-ring (bicyclic) bond motifs is 2. The van der Waals surface area contributed by atoms with Gasteiger partial charge in [-0.05, 0) is 37.5 Å². The van der Waals surface area contributed by atoms with Gasteiger partial charge in [0.1, 0.15) is 11.6 Å². The summed E-state index contributed by atoms with van der Waals surface area (Å²) in [4.78, 5) is 16.9. The average molecular weight is 495 g/mol. The molecule has 0 saturated carbocycles. The Kier molecular flexibility index (Phi) is 7.80. The van der Waals surface area contributed by atoms with E-state index >= 15 is 0 Å². The summed E-state index contributed by atoms with van der Waals surface area (Å²) in [5, 5.41) is 12.0. The lowest BCUT2D eigenvalue weighted by atomic mass is 10.2. The van der Waals surface area contributed by atoms with Gasteiger partial charge < -0.3 is 14.5 Å². The molecule has 0 radical (unpaired) electrons. The summed E-state index contributed by atoms with van der Waals surface area (Å²) in [6.45, 7) is 4.07. The molecular weight excluding hydrogens is 465 g/mol. The summed E-state index contributed by atoms with van der Waals surface area (Å²) in [6.07, 6.45) is 2.39. The van der Waals surface area contributed by atoms with Crippen LogP contribution in [0.1, 0.15) is 56.2 Å². The lowest BCUT2D eigenvalue weighted by Crippen LogP contribution is -2.28. The van der Waals surface area contributed by atoms with Gasteiger partial charge in [-0.15, -0.1) is 10.2 Å². The summed E-state index contributed by atoms with van der Waals surface area (Å²) in [7, 11) is 0. The van der Waals surface area contributed by atoms with Crippen molar-refractivity contribution >= 4 is 28.7 Å². The zero-order chi connectivity index (χ0) is 24.1. The molecular formula is C23H29F3N6OS. The number of hydrogen-bond donors (Lipinski definition) is 1. The minimum Gasteiger partial charge on any atom is -0.355 e. The van der Waals surface area contributed by atoms with Crippen LogP contribution < -0.4 is 5.32 Å². The number of halogens is 3. The van der Waals surface area contributed by atoms with E-state index in [1.807, 2.05) is 4.57 Å². The number of benzene rings is 1. The van der Waals surface area contributed by atoms with E-state index in [-0.39, 0.29) is 11.7 Å². The molecule has 34 heavy (non-hydrogen) atoms. The molecule has 3 heterocycles. The quantitative estimate of drug-likeness (QED) is 0.439. The van der Waals surface area contributed by atoms with E-state index in [0.717, 1.165) is 62.4 Å². The van der Waals surface area contributed by atoms with Gasteiger partial charge in [0.15, 0.2) is 5.16 Å². The summed E-state index contributed by atoms with van der Waals surface area (Å²) < 4.78 is 43.4. The highest BCUT2D eigenvalue weighted by Gasteiger charge is 2.31. The first kappa shape index (κ1) is 24.6. The molecule has 1 amide bonds. The van der Waals surface area contributed by atoms with Crippen molar-refractivity contribution in [2.45, 2.75) is 76.3 Å². The molecule has 184 valence electrons. The molecule has 7 nitrogen and oxygen atoms in total. The van der Waals surface area contributed by atoms with Gasteiger partial charge >= 0.3 is 6.18 Å². The van der Waals surface area contributed by atoms with Crippen molar-refractivity contribution < 1.29 is 18.0 Å². The molecule has 0 atom stereocenters. The van der Waals surface area contributed by atoms with Crippen molar-refractivity contribution in [3.05, 3.63) is 35.4 Å². The van der Waals surface area contributed by atoms with Crippen LogP contribution in [0.25, 0.3) is 11.0 Å². The Hall–Kier alpha value is -2.56. The number of carbonyl (C=O) groups is 1. The molecule has 0 fully saturated rings. The normalized spacial score (nSPS) is 14.2. The van der Waals surface area contributed by atoms with E-state index in [0.29, 0.717) is 35.7 Å². The van der Waals surface area contributed by atoms with Crippen LogP contribution in [0.4, 0.5) is 13.2 Å². The third-order valence-corrected chi connectivity index (χ3v) is 6.94. The van der Waals surface area contributed by atoms with Gasteiger partial charge in [-0.2, -0.15) is 13.2 Å². The molecule has 1 aliphatic rings. The minimum atomic E-state index is -4.42. The Balaban J connectivity index is 1.37. The molecule has 0 aliphatic carbocycles. The van der Waals surface area contributed by atoms with Crippen LogP contribution in [0, 0.1) is 0 Å². The average Bonchev–Trinajstić information content (AvgIpc) is 3.26. The third kappa shape index (κ3) is 5.73. The van der Waals surface area contributed by atoms with Crippen LogP contribution in [0.2, 0.25) is 0 Å². The van der Waals surface area contributed by atoms with Crippen LogP contribution in [0.3, 0.4) is 0 Å². The number of thioether (sulfide) groups is 1. The second kappa shape index (κ2) is 10.8. The van der Waals surface area contributed by atoms with Crippen LogP contribution in [0.15, 0.2) is 23.4 Å². The van der Waals surface area contributed by atoms with E-state index in [4.69, 9.17) is 0 Å². The molecule has 2 aromatic heterocycles. The maximum atomic E-state index is 13.1. The number of nitrogens with zero attached hydrogens (tertiary/aromatic N) is 5. The van der Waals surface area contributed by atoms with Crippen molar-refractivity contribution in [2.75, 3.05) is 12.3 Å². The zero-order valence-corrected chi connectivity index (χ0v) is 20.0. The van der Waals surface area contributed by atoms with Crippen LogP contribution >= 0.6 is 11.8 Å². The molecule has 0 unspecified atom stereocenters. The van der Waals surface area contributed by atoms with Gasteiger partial charge in [-0.25, -0.2) is 4.98 Å². The lowest BCUT2D eigenvalue weighted by molar-refractivity contribution is -0.137. The Morgan fingerprint density at radius 1 is 1.21 bits per heavy atom. The summed E-state index contributed by atoms with van der Waals surface area (Å²) in [5.41, 5.74) is 0.221. The first-order chi connectivity index (χ1) is 16.4. The second-order valence-corrected chi connectivity index (χ2v) is 9.43. The number of aromatic nitrogens is 5. The molecule has 0 saturated heterocycles. The highest BCUT2D eigenvalue weighted by molar-refractivity contribution is 7.99. The van der Waals surface area contributed by atoms with Crippen molar-refractivity contribution in [1.29, 1.82) is 0 Å². The van der Waals surface area contributed by atoms with Crippen molar-refractivity contribution in [3.63, 3.8) is 0 Å². The molecule has 0 spiro atoms. The topological polar surface area (TPSA) is 77.6 Å². The smallest absolute Gasteiger partial charge is 0.355 e. The second-order valence-electron chi connectivity index (χ2n) is 8.48. The Morgan fingerprint density at radius 3 is 2.85 bits per heavy atom. The maximum absolute atomic E-state index is 13.1. The molecule has 0 bridgehead atoms. The van der Waals surface area contributed by atoms with Gasteiger partial charge in [0.2, 0.25) is 5.91 Å². The number of nitrogens with one attached hydrogen (secondary N) is 1. The van der Waals surface area contributed by atoms with E-state index in [9.17, 15) is 18.0 Å². The predicted octanol–water partition coefficient (Wildman–Crippen LogP) is 4.62. The van der Waals surface area contributed by atoms with E-state index < -0.39 is 11.7 Å². The maximum Gasteiger partial charge on any atom is 0.416 e. The molecule has 3 aromatic rings. The number of rotatable bonds is 9. The highest BCUT2D eigenvalue weighted by atomic mass is 32.2. The number of amides is 1. The van der Waals surface area contributed by atoms with Gasteiger partial charge in [0.05, 0.1) is 22.3 Å². The summed E-state index contributed by atoms with van der Waals surface area (Å²) >= 11 is 1.24. The van der Waals surface area contributed by atoms with Gasteiger partial charge in [0, 0.05) is 32.5 Å². The van der Waals surface area contributed by atoms with Crippen LogP contribution in [0.5, 0.6) is 0 Å². The van der Waals surface area contributed by atoms with Crippen molar-refractivity contribution in [1.82, 2.24) is 29.6 Å². The molecule has 1 aliphatic heterocycles. The molecule has 1 aromatic carbocycles. The number of hydrogen-bond acceptors (Lipinski definition) is 5. The fourth-order valence-corrected chi connectivity index (χ4v) is 5.02. The Bertz CT molecular complexity index is 1140. The number of aryl methyl sites for hydroxylation is 2. The third-order valence-electron chi connectivity index (χ3n) is 5.97. The van der Waals surface area contributed by atoms with E-state index in [1.165, 1.54) is 24.2 Å². The van der Waals surface area contributed by atoms with Crippen molar-refractivity contribution in [2.24, 2.45) is 0 Å². The fourth-order valence-electron chi connectivity index (χ4n) is 4.15. The zero-order valence-electron chi connectivity index (χ0n) is 19.2. The number of imidazole rings is 1. The van der Waals surface area contributed by atoms with Crippen LogP contribution in [-0.4, -0.2) is 42.5 Å². The first-order valence-corrected chi connectivity index (χ1v) is 12.7. The number of alkyl halides is 3. The van der Waals surface area contributed by atoms with E-state index in [1.54, 1.807) is 0 Å². The summed E-state index contributed by atoms with van der Waals surface area (Å²) in [5.74, 6) is 1.91. The molecule has 1 N–H and O–H groups in total. The SMILES string of the molecule is CCCCn1c(SCC(=O)NCCc2nnc3n2CCCCC3)nc2cc(C(F)(F)F)ccc21. The number of unbranched alkanes of at least 4 members (excludes halogenated alkanes) is 1. The van der Waals surface area contributed by atoms with Gasteiger partial charge in [-0.3, -0.25) is 4.79 Å². The standard InChI is InChI=1S/C23H29F3N6OS/c1-2-3-12-31-18-9-8-16(23(24,25)26)14-17(18)28-22(31)34-15-21(33)27-11-10-20-30-29-19-7-5-4-6-13-32(19)20/h8-9,14H,2-7,10-13,15H2,1H3,(H,27,33).